The van der Waals surface area contributed by atoms with Crippen molar-refractivity contribution >= 4 is 52.8 Å². The zero-order valence-electron chi connectivity index (χ0n) is 19.4. The van der Waals surface area contributed by atoms with Crippen LogP contribution in [0.5, 0.6) is 11.5 Å². The fourth-order valence-corrected chi connectivity index (χ4v) is 3.88. The topological polar surface area (TPSA) is 97.0 Å². The molecule has 11 heteroatoms. The normalized spacial score (nSPS) is 14.1. The molecule has 1 heterocycles. The van der Waals surface area contributed by atoms with E-state index in [0.717, 1.165) is 5.56 Å². The third kappa shape index (κ3) is 6.19. The average molecular weight is 544 g/mol. The molecule has 0 spiro atoms. The molecule has 1 aliphatic rings. The molecular weight excluding hydrogens is 524 g/mol. The molecule has 3 aromatic carbocycles. The highest BCUT2D eigenvalue weighted by Gasteiger charge is 2.35. The highest BCUT2D eigenvalue weighted by Crippen LogP contribution is 2.37. The summed E-state index contributed by atoms with van der Waals surface area (Å²) in [5, 5.41) is 5.59. The lowest BCUT2D eigenvalue weighted by Gasteiger charge is -2.14. The number of halogens is 3. The fourth-order valence-electron chi connectivity index (χ4n) is 3.48. The van der Waals surface area contributed by atoms with Crippen molar-refractivity contribution in [2.75, 3.05) is 19.0 Å². The van der Waals surface area contributed by atoms with Crippen LogP contribution in [0.2, 0.25) is 10.0 Å². The summed E-state index contributed by atoms with van der Waals surface area (Å²) >= 11 is 12.3. The summed E-state index contributed by atoms with van der Waals surface area (Å²) in [5.74, 6) is -1.49. The number of nitrogens with one attached hydrogen (secondary N) is 2. The van der Waals surface area contributed by atoms with Crippen molar-refractivity contribution < 1.29 is 28.2 Å². The van der Waals surface area contributed by atoms with Gasteiger partial charge >= 0.3 is 6.03 Å². The monoisotopic (exact) mass is 543 g/mol. The molecule has 190 valence electrons. The van der Waals surface area contributed by atoms with Gasteiger partial charge in [0.05, 0.1) is 17.8 Å². The van der Waals surface area contributed by atoms with E-state index >= 15 is 0 Å². The highest BCUT2D eigenvalue weighted by molar-refractivity contribution is 6.32. The maximum absolute atomic E-state index is 13.8. The van der Waals surface area contributed by atoms with Gasteiger partial charge in [0.25, 0.3) is 5.91 Å². The molecule has 0 aliphatic carbocycles. The van der Waals surface area contributed by atoms with Gasteiger partial charge in [-0.2, -0.15) is 0 Å². The van der Waals surface area contributed by atoms with Crippen molar-refractivity contribution in [2.24, 2.45) is 0 Å². The summed E-state index contributed by atoms with van der Waals surface area (Å²) in [6.45, 7) is -0.385. The van der Waals surface area contributed by atoms with Gasteiger partial charge in [-0.05, 0) is 53.6 Å². The number of amides is 4. The molecule has 0 atom stereocenters. The van der Waals surface area contributed by atoms with Crippen molar-refractivity contribution in [3.05, 3.63) is 93.4 Å². The Morgan fingerprint density at radius 2 is 1.84 bits per heavy atom. The molecule has 1 saturated heterocycles. The number of carbonyl (C=O) groups excluding carboxylic acids is 3. The van der Waals surface area contributed by atoms with Crippen LogP contribution in [0.15, 0.2) is 66.4 Å². The quantitative estimate of drug-likeness (QED) is 0.298. The number of hydrogen-bond donors (Lipinski definition) is 2. The van der Waals surface area contributed by atoms with Crippen LogP contribution in [0.3, 0.4) is 0 Å². The van der Waals surface area contributed by atoms with E-state index in [1.165, 1.54) is 31.4 Å². The maximum Gasteiger partial charge on any atom is 0.329 e. The zero-order valence-corrected chi connectivity index (χ0v) is 20.9. The van der Waals surface area contributed by atoms with Crippen molar-refractivity contribution in [3.8, 4) is 11.5 Å². The predicted octanol–water partition coefficient (Wildman–Crippen LogP) is 5.25. The minimum atomic E-state index is -0.791. The van der Waals surface area contributed by atoms with Gasteiger partial charge in [-0.3, -0.25) is 9.59 Å². The second-order valence-corrected chi connectivity index (χ2v) is 8.70. The molecule has 1 fully saturated rings. The Bertz CT molecular complexity index is 1400. The first-order chi connectivity index (χ1) is 17.7. The van der Waals surface area contributed by atoms with Crippen LogP contribution in [0, 0.1) is 5.82 Å². The maximum atomic E-state index is 13.8. The number of methoxy groups -OCH3 is 1. The number of para-hydroxylation sites is 1. The predicted molar refractivity (Wildman–Crippen MR) is 137 cm³/mol. The second kappa shape index (κ2) is 11.3. The number of rotatable bonds is 8. The number of hydrogen-bond acceptors (Lipinski definition) is 5. The summed E-state index contributed by atoms with van der Waals surface area (Å²) in [5.41, 5.74) is 1.18. The molecule has 8 nitrogen and oxygen atoms in total. The molecule has 0 aromatic heterocycles. The number of carbonyl (C=O) groups is 3. The first-order valence-electron chi connectivity index (χ1n) is 10.9. The molecule has 0 saturated carbocycles. The Morgan fingerprint density at radius 1 is 1.11 bits per heavy atom. The molecule has 37 heavy (non-hydrogen) atoms. The number of anilines is 1. The van der Waals surface area contributed by atoms with Crippen molar-refractivity contribution in [3.63, 3.8) is 0 Å². The van der Waals surface area contributed by atoms with Gasteiger partial charge in [-0.1, -0.05) is 47.5 Å². The van der Waals surface area contributed by atoms with E-state index in [4.69, 9.17) is 32.7 Å². The molecule has 1 aliphatic heterocycles. The third-order valence-electron chi connectivity index (χ3n) is 5.27. The van der Waals surface area contributed by atoms with Crippen molar-refractivity contribution in [1.82, 2.24) is 10.2 Å². The lowest BCUT2D eigenvalue weighted by Crippen LogP contribution is -2.38. The number of nitrogens with zero attached hydrogens (tertiary/aromatic N) is 1. The molecule has 0 radical (unpaired) electrons. The van der Waals surface area contributed by atoms with Crippen LogP contribution in [0.1, 0.15) is 11.1 Å². The Hall–Kier alpha value is -4.08. The van der Waals surface area contributed by atoms with E-state index < -0.39 is 30.2 Å². The molecule has 2 N–H and O–H groups in total. The summed E-state index contributed by atoms with van der Waals surface area (Å²) in [6, 6.07) is 15.0. The molecule has 0 unspecified atom stereocenters. The summed E-state index contributed by atoms with van der Waals surface area (Å²) in [4.78, 5) is 38.1. The first kappa shape index (κ1) is 26.0. The molecule has 4 rings (SSSR count). The van der Waals surface area contributed by atoms with E-state index in [9.17, 15) is 18.8 Å². The Balaban J connectivity index is 1.47. The van der Waals surface area contributed by atoms with E-state index in [1.807, 2.05) is 12.1 Å². The Kier molecular flexibility index (Phi) is 7.95. The van der Waals surface area contributed by atoms with Gasteiger partial charge in [0, 0.05) is 5.02 Å². The summed E-state index contributed by atoms with van der Waals surface area (Å²) in [7, 11) is 1.44. The van der Waals surface area contributed by atoms with E-state index in [1.54, 1.807) is 30.3 Å². The van der Waals surface area contributed by atoms with Gasteiger partial charge in [-0.15, -0.1) is 0 Å². The number of urea groups is 1. The van der Waals surface area contributed by atoms with Gasteiger partial charge < -0.3 is 20.1 Å². The number of benzene rings is 3. The lowest BCUT2D eigenvalue weighted by molar-refractivity contribution is -0.127. The van der Waals surface area contributed by atoms with Crippen LogP contribution in [0.25, 0.3) is 6.08 Å². The van der Waals surface area contributed by atoms with Gasteiger partial charge in [-0.25, -0.2) is 14.1 Å². The van der Waals surface area contributed by atoms with Crippen LogP contribution in [-0.2, 0) is 16.2 Å². The number of ether oxygens (including phenoxy) is 2. The highest BCUT2D eigenvalue weighted by atomic mass is 35.5. The Morgan fingerprint density at radius 3 is 2.54 bits per heavy atom. The largest absolute Gasteiger partial charge is 0.493 e. The van der Waals surface area contributed by atoms with Crippen LogP contribution < -0.4 is 20.1 Å². The van der Waals surface area contributed by atoms with Crippen LogP contribution in [0.4, 0.5) is 14.9 Å². The molecule has 3 aromatic rings. The number of imide groups is 1. The molecule has 0 bridgehead atoms. The van der Waals surface area contributed by atoms with Crippen LogP contribution in [-0.4, -0.2) is 36.4 Å². The fraction of sp³-hybridized carbons (Fsp3) is 0.115. The zero-order chi connectivity index (χ0) is 26.5. The lowest BCUT2D eigenvalue weighted by atomic mass is 10.1. The Labute approximate surface area is 221 Å². The first-order valence-corrected chi connectivity index (χ1v) is 11.6. The summed E-state index contributed by atoms with van der Waals surface area (Å²) in [6.07, 6.45) is 1.40. The van der Waals surface area contributed by atoms with E-state index in [2.05, 4.69) is 10.6 Å². The minimum Gasteiger partial charge on any atom is -0.493 e. The molecular formula is C26H20Cl2FN3O5. The average Bonchev–Trinajstić information content (AvgIpc) is 3.12. The van der Waals surface area contributed by atoms with Crippen molar-refractivity contribution in [1.29, 1.82) is 0 Å². The summed E-state index contributed by atoms with van der Waals surface area (Å²) < 4.78 is 25.0. The van der Waals surface area contributed by atoms with Gasteiger partial charge in [0.2, 0.25) is 5.91 Å². The standard InChI is InChI=1S/C26H20Cl2FN3O5/c1-36-22-12-16(10-18(28)24(22)37-14-15-6-8-17(27)9-7-15)11-21-25(34)32(26(35)31-21)13-23(33)30-20-5-3-2-4-19(20)29/h2-12H,13-14H2,1H3,(H,30,33)(H,31,35)/b21-11+. The third-order valence-corrected chi connectivity index (χ3v) is 5.80. The smallest absolute Gasteiger partial charge is 0.329 e. The van der Waals surface area contributed by atoms with E-state index in [0.29, 0.717) is 27.0 Å². The SMILES string of the molecule is COc1cc(/C=C2/NC(=O)N(CC(=O)Nc3ccccc3F)C2=O)cc(Cl)c1OCc1ccc(Cl)cc1. The molecule has 4 amide bonds. The van der Waals surface area contributed by atoms with Gasteiger partial charge in [0.1, 0.15) is 24.7 Å². The van der Waals surface area contributed by atoms with E-state index in [-0.39, 0.29) is 23.0 Å². The second-order valence-electron chi connectivity index (χ2n) is 7.86. The van der Waals surface area contributed by atoms with Crippen LogP contribution >= 0.6 is 23.2 Å². The minimum absolute atomic E-state index is 0.0598. The van der Waals surface area contributed by atoms with Gasteiger partial charge in [0.15, 0.2) is 11.5 Å². The van der Waals surface area contributed by atoms with Crippen molar-refractivity contribution in [2.45, 2.75) is 6.61 Å².